The molecule has 22 heavy (non-hydrogen) atoms. The third kappa shape index (κ3) is 2.44. The smallest absolute Gasteiger partial charge is 0.343 e. The van der Waals surface area contributed by atoms with Crippen LogP contribution in [0, 0.1) is 0 Å². The Morgan fingerprint density at radius 2 is 1.68 bits per heavy atom. The minimum Gasteiger partial charge on any atom is -0.465 e. The highest BCUT2D eigenvalue weighted by atomic mass is 16.5. The summed E-state index contributed by atoms with van der Waals surface area (Å²) in [6.45, 7) is 0. The van der Waals surface area contributed by atoms with Crippen LogP contribution in [0.4, 0.5) is 5.82 Å². The van der Waals surface area contributed by atoms with E-state index in [0.29, 0.717) is 0 Å². The highest BCUT2D eigenvalue weighted by Gasteiger charge is 2.16. The normalized spacial score (nSPS) is 10.4. The van der Waals surface area contributed by atoms with Gasteiger partial charge in [0.1, 0.15) is 11.4 Å². The van der Waals surface area contributed by atoms with Crippen LogP contribution in [0.1, 0.15) is 10.4 Å². The van der Waals surface area contributed by atoms with Crippen LogP contribution < -0.4 is 5.73 Å². The van der Waals surface area contributed by atoms with E-state index in [4.69, 9.17) is 5.73 Å². The molecule has 0 aliphatic rings. The number of methoxy groups -OCH3 is 1. The second-order valence-corrected chi connectivity index (χ2v) is 4.76. The van der Waals surface area contributed by atoms with Gasteiger partial charge in [0.15, 0.2) is 0 Å². The Hall–Kier alpha value is -3.08. The number of hydrogen-bond acceptors (Lipinski definition) is 4. The van der Waals surface area contributed by atoms with Gasteiger partial charge in [-0.1, -0.05) is 42.5 Å². The van der Waals surface area contributed by atoms with Crippen molar-refractivity contribution in [3.05, 3.63) is 66.4 Å². The van der Waals surface area contributed by atoms with Gasteiger partial charge in [0, 0.05) is 0 Å². The van der Waals surface area contributed by atoms with Crippen LogP contribution in [0.5, 0.6) is 0 Å². The molecule has 1 heterocycles. The maximum Gasteiger partial charge on any atom is 0.343 e. The van der Waals surface area contributed by atoms with Crippen molar-refractivity contribution >= 4 is 11.8 Å². The lowest BCUT2D eigenvalue weighted by Gasteiger charge is -2.07. The molecule has 5 heteroatoms. The molecule has 1 aromatic heterocycles. The maximum atomic E-state index is 11.6. The Kier molecular flexibility index (Phi) is 3.62. The number of ether oxygens (including phenoxy) is 1. The summed E-state index contributed by atoms with van der Waals surface area (Å²) < 4.78 is 6.19. The van der Waals surface area contributed by atoms with Gasteiger partial charge in [0.25, 0.3) is 0 Å². The molecule has 0 aliphatic heterocycles. The number of benzene rings is 2. The van der Waals surface area contributed by atoms with Crippen molar-refractivity contribution in [3.8, 4) is 16.8 Å². The molecular weight excluding hydrogens is 278 g/mol. The van der Waals surface area contributed by atoms with E-state index in [2.05, 4.69) is 9.84 Å². The molecule has 0 spiro atoms. The second kappa shape index (κ2) is 5.73. The molecule has 0 amide bonds. The van der Waals surface area contributed by atoms with Gasteiger partial charge in [-0.3, -0.25) is 0 Å². The van der Waals surface area contributed by atoms with Crippen molar-refractivity contribution in [2.45, 2.75) is 0 Å². The van der Waals surface area contributed by atoms with E-state index in [1.165, 1.54) is 18.0 Å². The molecule has 3 rings (SSSR count). The van der Waals surface area contributed by atoms with Gasteiger partial charge >= 0.3 is 5.97 Å². The molecule has 3 aromatic rings. The van der Waals surface area contributed by atoms with Crippen LogP contribution in [0.3, 0.4) is 0 Å². The predicted molar refractivity (Wildman–Crippen MR) is 84.8 cm³/mol. The molecule has 0 radical (unpaired) electrons. The number of aromatic nitrogens is 2. The summed E-state index contributed by atoms with van der Waals surface area (Å²) in [7, 11) is 1.31. The minimum absolute atomic E-state index is 0.259. The molecule has 0 saturated carbocycles. The monoisotopic (exact) mass is 293 g/mol. The lowest BCUT2D eigenvalue weighted by Crippen LogP contribution is -2.07. The third-order valence-corrected chi connectivity index (χ3v) is 3.43. The molecule has 5 nitrogen and oxygen atoms in total. The molecular formula is C17H15N3O2. The fraction of sp³-hybridized carbons (Fsp3) is 0.0588. The van der Waals surface area contributed by atoms with E-state index in [1.54, 1.807) is 0 Å². The highest BCUT2D eigenvalue weighted by molar-refractivity contribution is 5.94. The fourth-order valence-electron chi connectivity index (χ4n) is 2.26. The number of nitrogen functional groups attached to an aromatic ring is 1. The standard InChI is InChI=1S/C17H15N3O2/c1-22-17(21)15-11-19-20(16(15)18)14-9-7-13(8-10-14)12-5-3-2-4-6-12/h2-11H,18H2,1H3. The van der Waals surface area contributed by atoms with Crippen molar-refractivity contribution < 1.29 is 9.53 Å². The summed E-state index contributed by atoms with van der Waals surface area (Å²) in [6, 6.07) is 17.9. The summed E-state index contributed by atoms with van der Waals surface area (Å²) in [5, 5.41) is 4.15. The molecule has 2 N–H and O–H groups in total. The first-order valence-electron chi connectivity index (χ1n) is 6.78. The summed E-state index contributed by atoms with van der Waals surface area (Å²) in [4.78, 5) is 11.6. The predicted octanol–water partition coefficient (Wildman–Crippen LogP) is 2.91. The van der Waals surface area contributed by atoms with Gasteiger partial charge in [0.05, 0.1) is 19.0 Å². The third-order valence-electron chi connectivity index (χ3n) is 3.43. The Labute approximate surface area is 127 Å². The lowest BCUT2D eigenvalue weighted by molar-refractivity contribution is 0.0602. The molecule has 0 saturated heterocycles. The first kappa shape index (κ1) is 13.9. The number of carbonyl (C=O) groups is 1. The van der Waals surface area contributed by atoms with Gasteiger partial charge < -0.3 is 10.5 Å². The molecule has 2 aromatic carbocycles. The van der Waals surface area contributed by atoms with E-state index < -0.39 is 5.97 Å². The summed E-state index contributed by atoms with van der Waals surface area (Å²) >= 11 is 0. The SMILES string of the molecule is COC(=O)c1cnn(-c2ccc(-c3ccccc3)cc2)c1N. The van der Waals surface area contributed by atoms with Crippen molar-refractivity contribution in [1.29, 1.82) is 0 Å². The number of anilines is 1. The molecule has 0 fully saturated rings. The lowest BCUT2D eigenvalue weighted by atomic mass is 10.1. The number of nitrogens with two attached hydrogens (primary N) is 1. The molecule has 0 aliphatic carbocycles. The maximum absolute atomic E-state index is 11.6. The van der Waals surface area contributed by atoms with Gasteiger partial charge in [-0.25, -0.2) is 9.48 Å². The number of rotatable bonds is 3. The van der Waals surface area contributed by atoms with Crippen LogP contribution in [-0.2, 0) is 4.74 Å². The average Bonchev–Trinajstić information content (AvgIpc) is 2.97. The molecule has 110 valence electrons. The summed E-state index contributed by atoms with van der Waals surface area (Å²) in [5.74, 6) is -0.232. The number of carbonyl (C=O) groups excluding carboxylic acids is 1. The summed E-state index contributed by atoms with van der Waals surface area (Å²) in [5.41, 5.74) is 9.24. The molecule has 0 atom stereocenters. The van der Waals surface area contributed by atoms with Crippen molar-refractivity contribution in [2.24, 2.45) is 0 Å². The van der Waals surface area contributed by atoms with Crippen molar-refractivity contribution in [3.63, 3.8) is 0 Å². The Morgan fingerprint density at radius 1 is 1.05 bits per heavy atom. The van der Waals surface area contributed by atoms with Crippen molar-refractivity contribution in [2.75, 3.05) is 12.8 Å². The Morgan fingerprint density at radius 3 is 2.32 bits per heavy atom. The van der Waals surface area contributed by atoms with E-state index >= 15 is 0 Å². The van der Waals surface area contributed by atoms with Gasteiger partial charge in [-0.15, -0.1) is 0 Å². The minimum atomic E-state index is -0.496. The highest BCUT2D eigenvalue weighted by Crippen LogP contribution is 2.22. The van der Waals surface area contributed by atoms with E-state index in [-0.39, 0.29) is 11.4 Å². The number of hydrogen-bond donors (Lipinski definition) is 1. The van der Waals surface area contributed by atoms with E-state index in [0.717, 1.165) is 16.8 Å². The van der Waals surface area contributed by atoms with Gasteiger partial charge in [-0.2, -0.15) is 5.10 Å². The number of esters is 1. The topological polar surface area (TPSA) is 70.1 Å². The van der Waals surface area contributed by atoms with Crippen LogP contribution in [0.15, 0.2) is 60.8 Å². The quantitative estimate of drug-likeness (QED) is 0.754. The van der Waals surface area contributed by atoms with E-state index in [9.17, 15) is 4.79 Å². The Bertz CT molecular complexity index is 793. The zero-order valence-corrected chi connectivity index (χ0v) is 12.1. The van der Waals surface area contributed by atoms with Crippen LogP contribution in [-0.4, -0.2) is 22.9 Å². The van der Waals surface area contributed by atoms with Gasteiger partial charge in [0.2, 0.25) is 0 Å². The molecule has 0 bridgehead atoms. The molecule has 0 unspecified atom stereocenters. The van der Waals surface area contributed by atoms with E-state index in [1.807, 2.05) is 54.6 Å². The van der Waals surface area contributed by atoms with Gasteiger partial charge in [-0.05, 0) is 23.3 Å². The average molecular weight is 293 g/mol. The zero-order chi connectivity index (χ0) is 15.5. The van der Waals surface area contributed by atoms with Crippen LogP contribution in [0.2, 0.25) is 0 Å². The Balaban J connectivity index is 1.94. The van der Waals surface area contributed by atoms with Crippen molar-refractivity contribution in [1.82, 2.24) is 9.78 Å². The summed E-state index contributed by atoms with van der Waals surface area (Å²) in [6.07, 6.45) is 1.41. The van der Waals surface area contributed by atoms with Crippen LogP contribution >= 0.6 is 0 Å². The first-order valence-corrected chi connectivity index (χ1v) is 6.78. The first-order chi connectivity index (χ1) is 10.7. The number of nitrogens with zero attached hydrogens (tertiary/aromatic N) is 2. The largest absolute Gasteiger partial charge is 0.465 e. The fourth-order valence-corrected chi connectivity index (χ4v) is 2.26. The van der Waals surface area contributed by atoms with Crippen LogP contribution in [0.25, 0.3) is 16.8 Å². The zero-order valence-electron chi connectivity index (χ0n) is 12.1. The second-order valence-electron chi connectivity index (χ2n) is 4.76.